The van der Waals surface area contributed by atoms with Gasteiger partial charge in [0.1, 0.15) is 0 Å². The van der Waals surface area contributed by atoms with Crippen molar-refractivity contribution in [3.63, 3.8) is 0 Å². The monoisotopic (exact) mass is 372 g/mol. The van der Waals surface area contributed by atoms with Gasteiger partial charge in [-0.1, -0.05) is 87.3 Å². The van der Waals surface area contributed by atoms with Crippen LogP contribution >= 0.6 is 22.6 Å². The van der Waals surface area contributed by atoms with Crippen molar-refractivity contribution in [2.24, 2.45) is 0 Å². The summed E-state index contributed by atoms with van der Waals surface area (Å²) in [6.07, 6.45) is 11.4. The summed E-state index contributed by atoms with van der Waals surface area (Å²) in [5, 5.41) is 8.23. The lowest BCUT2D eigenvalue weighted by Crippen LogP contribution is -2.01. The summed E-state index contributed by atoms with van der Waals surface area (Å²) in [6, 6.07) is 0. The van der Waals surface area contributed by atoms with E-state index in [9.17, 15) is 4.79 Å². The van der Waals surface area contributed by atoms with Gasteiger partial charge in [-0.3, -0.25) is 0 Å². The average molecular weight is 372 g/mol. The van der Waals surface area contributed by atoms with Crippen molar-refractivity contribution in [3.8, 4) is 0 Å². The smallest absolute Gasteiger partial charge is 0.450 e. The third-order valence-electron chi connectivity index (χ3n) is 2.72. The van der Waals surface area contributed by atoms with Crippen molar-refractivity contribution in [3.05, 3.63) is 0 Å². The van der Waals surface area contributed by atoms with Crippen molar-refractivity contribution in [1.82, 2.24) is 0 Å². The Kier molecular flexibility index (Phi) is 21.8. The molecule has 0 aromatic heterocycles. The minimum atomic E-state index is -1.16. The van der Waals surface area contributed by atoms with Crippen LogP contribution in [0.1, 0.15) is 71.1 Å². The molecule has 0 fully saturated rings. The Morgan fingerprint density at radius 3 is 1.67 bits per heavy atom. The van der Waals surface area contributed by atoms with Crippen LogP contribution in [0.5, 0.6) is 0 Å². The summed E-state index contributed by atoms with van der Waals surface area (Å²) >= 11 is 2.15. The number of ether oxygens (including phenoxy) is 1. The number of carbonyl (C=O) groups is 1. The molecule has 0 aliphatic carbocycles. The lowest BCUT2D eigenvalue weighted by atomic mass is 10.1. The summed E-state index contributed by atoms with van der Waals surface area (Å²) in [5.74, 6) is 0. The normalized spacial score (nSPS) is 9.50. The SMILES string of the molecule is CCCCCCCCCCCCOC(=O)O.CI. The zero-order chi connectivity index (χ0) is 14.1. The van der Waals surface area contributed by atoms with Gasteiger partial charge < -0.3 is 9.84 Å². The van der Waals surface area contributed by atoms with Crippen LogP contribution in [-0.4, -0.2) is 22.8 Å². The van der Waals surface area contributed by atoms with E-state index in [0.29, 0.717) is 6.61 Å². The topological polar surface area (TPSA) is 46.5 Å². The fourth-order valence-corrected chi connectivity index (χ4v) is 1.75. The molecule has 0 unspecified atom stereocenters. The molecule has 0 aromatic carbocycles. The van der Waals surface area contributed by atoms with Gasteiger partial charge in [-0.05, 0) is 11.4 Å². The second-order valence-corrected chi connectivity index (χ2v) is 4.30. The molecule has 3 nitrogen and oxygen atoms in total. The molecular formula is C14H29IO3. The number of carboxylic acid groups (broad SMARTS) is 1. The van der Waals surface area contributed by atoms with Gasteiger partial charge in [0.25, 0.3) is 0 Å². The molecule has 0 saturated heterocycles. The third kappa shape index (κ3) is 21.3. The Morgan fingerprint density at radius 2 is 1.28 bits per heavy atom. The van der Waals surface area contributed by atoms with E-state index in [-0.39, 0.29) is 0 Å². The molecule has 0 saturated carbocycles. The Morgan fingerprint density at radius 1 is 0.889 bits per heavy atom. The van der Waals surface area contributed by atoms with Gasteiger partial charge in [0.05, 0.1) is 6.61 Å². The Balaban J connectivity index is 0. The van der Waals surface area contributed by atoms with Crippen LogP contribution in [0, 0.1) is 0 Å². The maximum atomic E-state index is 10.0. The van der Waals surface area contributed by atoms with E-state index in [4.69, 9.17) is 5.11 Å². The number of halogens is 1. The van der Waals surface area contributed by atoms with E-state index in [1.54, 1.807) is 0 Å². The van der Waals surface area contributed by atoms with Crippen LogP contribution < -0.4 is 0 Å². The van der Waals surface area contributed by atoms with Crippen molar-refractivity contribution in [2.45, 2.75) is 71.1 Å². The second kappa shape index (κ2) is 19.3. The maximum Gasteiger partial charge on any atom is 0.505 e. The van der Waals surface area contributed by atoms with Gasteiger partial charge in [0.15, 0.2) is 0 Å². The largest absolute Gasteiger partial charge is 0.505 e. The van der Waals surface area contributed by atoms with E-state index in [1.165, 1.54) is 51.4 Å². The predicted octanol–water partition coefficient (Wildman–Crippen LogP) is 5.65. The highest BCUT2D eigenvalue weighted by Crippen LogP contribution is 2.10. The molecule has 0 aromatic rings. The Bertz CT molecular complexity index is 163. The minimum absolute atomic E-state index is 0.353. The Hall–Kier alpha value is 0. The zero-order valence-corrected chi connectivity index (χ0v) is 14.1. The lowest BCUT2D eigenvalue weighted by molar-refractivity contribution is 0.0899. The van der Waals surface area contributed by atoms with E-state index in [1.807, 2.05) is 4.93 Å². The molecule has 0 heterocycles. The van der Waals surface area contributed by atoms with Gasteiger partial charge in [-0.2, -0.15) is 0 Å². The average Bonchev–Trinajstić information content (AvgIpc) is 2.38. The van der Waals surface area contributed by atoms with Crippen LogP contribution in [0.15, 0.2) is 0 Å². The quantitative estimate of drug-likeness (QED) is 0.221. The number of hydrogen-bond acceptors (Lipinski definition) is 2. The number of alkyl halides is 1. The van der Waals surface area contributed by atoms with Crippen molar-refractivity contribution in [1.29, 1.82) is 0 Å². The first-order valence-electron chi connectivity index (χ1n) is 7.01. The molecule has 0 radical (unpaired) electrons. The van der Waals surface area contributed by atoms with Crippen LogP contribution in [0.3, 0.4) is 0 Å². The fraction of sp³-hybridized carbons (Fsp3) is 0.929. The summed E-state index contributed by atoms with van der Waals surface area (Å²) in [6.45, 7) is 2.59. The highest BCUT2D eigenvalue weighted by atomic mass is 127. The molecule has 1 N–H and O–H groups in total. The van der Waals surface area contributed by atoms with E-state index >= 15 is 0 Å². The molecule has 0 bridgehead atoms. The summed E-state index contributed by atoms with van der Waals surface area (Å²) in [5.41, 5.74) is 0. The lowest BCUT2D eigenvalue weighted by Gasteiger charge is -2.02. The number of hydrogen-bond donors (Lipinski definition) is 1. The summed E-state index contributed by atoms with van der Waals surface area (Å²) < 4.78 is 4.43. The zero-order valence-electron chi connectivity index (χ0n) is 11.9. The van der Waals surface area contributed by atoms with E-state index in [0.717, 1.165) is 12.8 Å². The van der Waals surface area contributed by atoms with Crippen molar-refractivity contribution in [2.75, 3.05) is 11.5 Å². The summed E-state index contributed by atoms with van der Waals surface area (Å²) in [4.78, 5) is 12.0. The predicted molar refractivity (Wildman–Crippen MR) is 85.8 cm³/mol. The first-order valence-corrected chi connectivity index (χ1v) is 9.16. The highest BCUT2D eigenvalue weighted by molar-refractivity contribution is 14.1. The molecule has 0 rings (SSSR count). The number of unbranched alkanes of at least 4 members (excludes halogenated alkanes) is 9. The number of rotatable bonds is 11. The standard InChI is InChI=1S/C13H26O3.CH3I/c1-2-3-4-5-6-7-8-9-10-11-12-16-13(14)15;1-2/h2-12H2,1H3,(H,14,15);1H3. The highest BCUT2D eigenvalue weighted by Gasteiger charge is 1.96. The first-order chi connectivity index (χ1) is 8.77. The van der Waals surface area contributed by atoms with Gasteiger partial charge in [-0.25, -0.2) is 4.79 Å². The fourth-order valence-electron chi connectivity index (χ4n) is 1.75. The maximum absolute atomic E-state index is 10.0. The van der Waals surface area contributed by atoms with Crippen molar-refractivity contribution < 1.29 is 14.6 Å². The van der Waals surface area contributed by atoms with E-state index in [2.05, 4.69) is 34.3 Å². The molecule has 0 aliphatic rings. The molecule has 0 amide bonds. The van der Waals surface area contributed by atoms with Gasteiger partial charge in [0.2, 0.25) is 0 Å². The minimum Gasteiger partial charge on any atom is -0.450 e. The second-order valence-electron chi connectivity index (χ2n) is 4.30. The van der Waals surface area contributed by atoms with Crippen LogP contribution in [0.25, 0.3) is 0 Å². The first kappa shape index (κ1) is 20.3. The van der Waals surface area contributed by atoms with Crippen molar-refractivity contribution >= 4 is 28.7 Å². The molecule has 110 valence electrons. The molecule has 0 spiro atoms. The van der Waals surface area contributed by atoms with Crippen LogP contribution in [-0.2, 0) is 4.74 Å². The van der Waals surface area contributed by atoms with Gasteiger partial charge >= 0.3 is 6.16 Å². The van der Waals surface area contributed by atoms with Crippen LogP contribution in [0.4, 0.5) is 4.79 Å². The third-order valence-corrected chi connectivity index (χ3v) is 2.72. The van der Waals surface area contributed by atoms with E-state index < -0.39 is 6.16 Å². The molecule has 0 aliphatic heterocycles. The molecule has 4 heteroatoms. The Labute approximate surface area is 126 Å². The molecular weight excluding hydrogens is 343 g/mol. The molecule has 18 heavy (non-hydrogen) atoms. The van der Waals surface area contributed by atoms with Crippen LogP contribution in [0.2, 0.25) is 0 Å². The van der Waals surface area contributed by atoms with Gasteiger partial charge in [0, 0.05) is 0 Å². The molecule has 0 atom stereocenters. The van der Waals surface area contributed by atoms with Gasteiger partial charge in [-0.15, -0.1) is 0 Å². The summed E-state index contributed by atoms with van der Waals surface area (Å²) in [7, 11) is 0.